The van der Waals surface area contributed by atoms with E-state index in [1.165, 1.54) is 0 Å². The van der Waals surface area contributed by atoms with Gasteiger partial charge in [0, 0.05) is 6.04 Å². The van der Waals surface area contributed by atoms with E-state index in [0.717, 1.165) is 0 Å². The molecule has 0 heterocycles. The fraction of sp³-hybridized carbons (Fsp3) is 0.455. The number of halogens is 2. The number of non-ortho nitro benzene ring substituents is 1. The molecule has 1 aromatic carbocycles. The molecule has 18 heavy (non-hydrogen) atoms. The van der Waals surface area contributed by atoms with Crippen LogP contribution in [0.5, 0.6) is 0 Å². The number of benzene rings is 1. The van der Waals surface area contributed by atoms with Gasteiger partial charge in [-0.2, -0.15) is 0 Å². The molecule has 5 nitrogen and oxygen atoms in total. The van der Waals surface area contributed by atoms with E-state index >= 15 is 0 Å². The lowest BCUT2D eigenvalue weighted by Gasteiger charge is -2.17. The van der Waals surface area contributed by atoms with Crippen LogP contribution in [0.25, 0.3) is 0 Å². The highest BCUT2D eigenvalue weighted by Crippen LogP contribution is 2.25. The van der Waals surface area contributed by atoms with Gasteiger partial charge in [-0.1, -0.05) is 0 Å². The first-order chi connectivity index (χ1) is 8.31. The van der Waals surface area contributed by atoms with Gasteiger partial charge in [-0.3, -0.25) is 10.1 Å². The first-order valence-electron chi connectivity index (χ1n) is 5.39. The van der Waals surface area contributed by atoms with Gasteiger partial charge in [-0.25, -0.2) is 8.78 Å². The smallest absolute Gasteiger partial charge is 0.275 e. The average molecular weight is 260 g/mol. The highest BCUT2D eigenvalue weighted by Gasteiger charge is 2.18. The third-order valence-electron chi connectivity index (χ3n) is 2.32. The summed E-state index contributed by atoms with van der Waals surface area (Å²) in [4.78, 5) is 9.54. The molecule has 1 rings (SSSR count). The van der Waals surface area contributed by atoms with E-state index < -0.39 is 34.0 Å². The molecular weight excluding hydrogens is 246 g/mol. The predicted octanol–water partition coefficient (Wildman–Crippen LogP) is 2.44. The minimum absolute atomic E-state index is 0.301. The number of aliphatic hydroxyl groups is 1. The van der Waals surface area contributed by atoms with E-state index in [9.17, 15) is 18.9 Å². The van der Waals surface area contributed by atoms with Crippen molar-refractivity contribution in [2.45, 2.75) is 32.4 Å². The molecule has 2 N–H and O–H groups in total. The monoisotopic (exact) mass is 260 g/mol. The zero-order valence-electron chi connectivity index (χ0n) is 9.98. The van der Waals surface area contributed by atoms with Crippen molar-refractivity contribution in [2.24, 2.45) is 0 Å². The summed E-state index contributed by atoms with van der Waals surface area (Å²) < 4.78 is 27.0. The maximum Gasteiger partial charge on any atom is 0.275 e. The highest BCUT2D eigenvalue weighted by atomic mass is 19.1. The van der Waals surface area contributed by atoms with Crippen molar-refractivity contribution < 1.29 is 18.8 Å². The van der Waals surface area contributed by atoms with E-state index in [-0.39, 0.29) is 6.04 Å². The highest BCUT2D eigenvalue weighted by molar-refractivity contribution is 5.52. The Kier molecular flexibility index (Phi) is 4.55. The molecule has 0 aromatic heterocycles. The molecule has 1 aromatic rings. The Morgan fingerprint density at radius 2 is 1.89 bits per heavy atom. The van der Waals surface area contributed by atoms with Gasteiger partial charge in [0.15, 0.2) is 11.6 Å². The molecule has 7 heteroatoms. The van der Waals surface area contributed by atoms with Crippen LogP contribution in [0.1, 0.15) is 20.3 Å². The molecule has 0 saturated heterocycles. The number of nitro benzene ring substituents is 1. The number of nitrogens with zero attached hydrogens (tertiary/aromatic N) is 1. The van der Waals surface area contributed by atoms with Crippen molar-refractivity contribution in [3.63, 3.8) is 0 Å². The van der Waals surface area contributed by atoms with Gasteiger partial charge in [-0.05, 0) is 20.3 Å². The van der Waals surface area contributed by atoms with Crippen LogP contribution in [0.15, 0.2) is 12.1 Å². The first kappa shape index (κ1) is 14.3. The van der Waals surface area contributed by atoms with Gasteiger partial charge in [0.25, 0.3) is 5.69 Å². The van der Waals surface area contributed by atoms with E-state index in [0.29, 0.717) is 18.6 Å². The standard InChI is InChI=1S/C11H14F2N2O3/c1-6(3-7(2)16)14-11-9(12)4-8(15(17)18)5-10(11)13/h4-7,14,16H,3H2,1-2H3. The summed E-state index contributed by atoms with van der Waals surface area (Å²) in [7, 11) is 0. The first-order valence-corrected chi connectivity index (χ1v) is 5.39. The van der Waals surface area contributed by atoms with Gasteiger partial charge in [0.05, 0.1) is 23.2 Å². The van der Waals surface area contributed by atoms with Crippen LogP contribution >= 0.6 is 0 Å². The van der Waals surface area contributed by atoms with Crippen molar-refractivity contribution in [2.75, 3.05) is 5.32 Å². The Labute approximate surface area is 103 Å². The maximum atomic E-state index is 13.5. The van der Waals surface area contributed by atoms with Crippen LogP contribution in [-0.2, 0) is 0 Å². The maximum absolute atomic E-state index is 13.5. The van der Waals surface area contributed by atoms with E-state index in [4.69, 9.17) is 5.11 Å². The Hall–Kier alpha value is -1.76. The molecule has 0 radical (unpaired) electrons. The molecule has 100 valence electrons. The summed E-state index contributed by atoms with van der Waals surface area (Å²) >= 11 is 0. The van der Waals surface area contributed by atoms with Gasteiger partial charge in [0.2, 0.25) is 0 Å². The van der Waals surface area contributed by atoms with E-state index in [1.54, 1.807) is 13.8 Å². The second-order valence-electron chi connectivity index (χ2n) is 4.17. The third-order valence-corrected chi connectivity index (χ3v) is 2.32. The number of rotatable bonds is 5. The number of anilines is 1. The molecule has 0 spiro atoms. The summed E-state index contributed by atoms with van der Waals surface area (Å²) in [5, 5.41) is 22.1. The zero-order valence-corrected chi connectivity index (χ0v) is 9.98. The Morgan fingerprint density at radius 3 is 2.28 bits per heavy atom. The average Bonchev–Trinajstić information content (AvgIpc) is 2.21. The van der Waals surface area contributed by atoms with Crippen LogP contribution in [-0.4, -0.2) is 22.2 Å². The summed E-state index contributed by atoms with van der Waals surface area (Å²) in [5.74, 6) is -2.06. The van der Waals surface area contributed by atoms with E-state index in [1.807, 2.05) is 0 Å². The van der Waals surface area contributed by atoms with Crippen LogP contribution in [0.4, 0.5) is 20.2 Å². The molecule has 0 saturated carbocycles. The summed E-state index contributed by atoms with van der Waals surface area (Å²) in [6, 6.07) is 0.941. The second kappa shape index (κ2) is 5.72. The summed E-state index contributed by atoms with van der Waals surface area (Å²) in [5.41, 5.74) is -1.06. The number of aliphatic hydroxyl groups excluding tert-OH is 1. The zero-order chi connectivity index (χ0) is 13.9. The summed E-state index contributed by atoms with van der Waals surface area (Å²) in [6.45, 7) is 3.20. The van der Waals surface area contributed by atoms with Gasteiger partial charge >= 0.3 is 0 Å². The molecule has 0 fully saturated rings. The molecule has 2 unspecified atom stereocenters. The minimum Gasteiger partial charge on any atom is -0.393 e. The number of nitro groups is 1. The fourth-order valence-corrected chi connectivity index (χ4v) is 1.62. The lowest BCUT2D eigenvalue weighted by molar-refractivity contribution is -0.385. The van der Waals surface area contributed by atoms with Crippen LogP contribution in [0.3, 0.4) is 0 Å². The predicted molar refractivity (Wildman–Crippen MR) is 62.4 cm³/mol. The Morgan fingerprint density at radius 1 is 1.39 bits per heavy atom. The third kappa shape index (κ3) is 3.63. The Bertz CT molecular complexity index is 429. The van der Waals surface area contributed by atoms with Gasteiger partial charge in [-0.15, -0.1) is 0 Å². The topological polar surface area (TPSA) is 75.4 Å². The molecule has 0 bridgehead atoms. The van der Waals surface area contributed by atoms with Crippen molar-refractivity contribution in [3.05, 3.63) is 33.9 Å². The van der Waals surface area contributed by atoms with Crippen LogP contribution in [0.2, 0.25) is 0 Å². The number of hydrogen-bond acceptors (Lipinski definition) is 4. The Balaban J connectivity index is 2.93. The molecule has 2 atom stereocenters. The second-order valence-corrected chi connectivity index (χ2v) is 4.17. The number of hydrogen-bond donors (Lipinski definition) is 2. The summed E-state index contributed by atoms with van der Waals surface area (Å²) in [6.07, 6.45) is -0.313. The lowest BCUT2D eigenvalue weighted by atomic mass is 10.1. The minimum atomic E-state index is -1.03. The lowest BCUT2D eigenvalue weighted by Crippen LogP contribution is -2.22. The van der Waals surface area contributed by atoms with Crippen LogP contribution < -0.4 is 5.32 Å². The van der Waals surface area contributed by atoms with Crippen molar-refractivity contribution in [1.29, 1.82) is 0 Å². The molecule has 0 amide bonds. The quantitative estimate of drug-likeness (QED) is 0.629. The molecular formula is C11H14F2N2O3. The van der Waals surface area contributed by atoms with Crippen molar-refractivity contribution in [1.82, 2.24) is 0 Å². The van der Waals surface area contributed by atoms with Crippen molar-refractivity contribution >= 4 is 11.4 Å². The SMILES string of the molecule is CC(O)CC(C)Nc1c(F)cc([N+](=O)[O-])cc1F. The largest absolute Gasteiger partial charge is 0.393 e. The fourth-order valence-electron chi connectivity index (χ4n) is 1.62. The number of nitrogens with one attached hydrogen (secondary N) is 1. The molecule has 0 aliphatic rings. The molecule has 0 aliphatic heterocycles. The van der Waals surface area contributed by atoms with Crippen LogP contribution in [0, 0.1) is 21.7 Å². The molecule has 0 aliphatic carbocycles. The normalized spacial score (nSPS) is 14.1. The van der Waals surface area contributed by atoms with Crippen molar-refractivity contribution in [3.8, 4) is 0 Å². The van der Waals surface area contributed by atoms with Gasteiger partial charge < -0.3 is 10.4 Å². The van der Waals surface area contributed by atoms with Gasteiger partial charge in [0.1, 0.15) is 5.69 Å². The van der Waals surface area contributed by atoms with E-state index in [2.05, 4.69) is 5.32 Å².